The van der Waals surface area contributed by atoms with Gasteiger partial charge >= 0.3 is 0 Å². The van der Waals surface area contributed by atoms with Gasteiger partial charge in [0.15, 0.2) is 0 Å². The zero-order valence-electron chi connectivity index (χ0n) is 10.5. The first-order valence-corrected chi connectivity index (χ1v) is 5.86. The van der Waals surface area contributed by atoms with Gasteiger partial charge in [0.2, 0.25) is 0 Å². The molecule has 2 aromatic rings. The molecule has 0 aliphatic carbocycles. The molecule has 90 valence electrons. The van der Waals surface area contributed by atoms with Crippen LogP contribution in [0.15, 0.2) is 41.1 Å². The van der Waals surface area contributed by atoms with E-state index in [-0.39, 0.29) is 6.04 Å². The molecule has 0 aromatic carbocycles. The van der Waals surface area contributed by atoms with Crippen LogP contribution in [0.2, 0.25) is 0 Å². The van der Waals surface area contributed by atoms with Gasteiger partial charge < -0.3 is 9.73 Å². The lowest BCUT2D eigenvalue weighted by molar-refractivity contribution is 0.384. The van der Waals surface area contributed by atoms with Crippen LogP contribution in [0.1, 0.15) is 36.0 Å². The van der Waals surface area contributed by atoms with E-state index in [1.54, 1.807) is 0 Å². The second-order valence-corrected chi connectivity index (χ2v) is 4.28. The Morgan fingerprint density at radius 2 is 1.88 bits per heavy atom. The Morgan fingerprint density at radius 1 is 1.18 bits per heavy atom. The van der Waals surface area contributed by atoms with Crippen molar-refractivity contribution in [3.05, 3.63) is 53.7 Å². The average molecular weight is 230 g/mol. The fourth-order valence-corrected chi connectivity index (χ4v) is 2.12. The summed E-state index contributed by atoms with van der Waals surface area (Å²) >= 11 is 0. The quantitative estimate of drug-likeness (QED) is 0.877. The molecule has 2 unspecified atom stereocenters. The largest absolute Gasteiger partial charge is 0.465 e. The summed E-state index contributed by atoms with van der Waals surface area (Å²) in [7, 11) is 1.96. The number of hydrogen-bond acceptors (Lipinski definition) is 3. The van der Waals surface area contributed by atoms with Gasteiger partial charge in [-0.05, 0) is 43.8 Å². The van der Waals surface area contributed by atoms with Crippen molar-refractivity contribution in [2.45, 2.75) is 25.8 Å². The van der Waals surface area contributed by atoms with Crippen LogP contribution in [0.3, 0.4) is 0 Å². The highest BCUT2D eigenvalue weighted by Crippen LogP contribution is 2.30. The van der Waals surface area contributed by atoms with Crippen LogP contribution in [-0.2, 0) is 0 Å². The van der Waals surface area contributed by atoms with E-state index in [4.69, 9.17) is 4.42 Å². The number of aromatic nitrogens is 1. The van der Waals surface area contributed by atoms with Gasteiger partial charge in [-0.15, -0.1) is 0 Å². The third kappa shape index (κ3) is 2.56. The predicted octanol–water partition coefficient (Wildman–Crippen LogP) is 3.05. The van der Waals surface area contributed by atoms with E-state index in [0.717, 1.165) is 11.5 Å². The van der Waals surface area contributed by atoms with Gasteiger partial charge in [0.1, 0.15) is 11.5 Å². The second-order valence-electron chi connectivity index (χ2n) is 4.28. The molecule has 2 rings (SSSR count). The molecule has 0 saturated heterocycles. The molecule has 2 heterocycles. The van der Waals surface area contributed by atoms with Crippen LogP contribution < -0.4 is 5.32 Å². The van der Waals surface area contributed by atoms with Crippen LogP contribution in [0.25, 0.3) is 0 Å². The van der Waals surface area contributed by atoms with Crippen molar-refractivity contribution in [3.63, 3.8) is 0 Å². The molecule has 1 N–H and O–H groups in total. The highest BCUT2D eigenvalue weighted by molar-refractivity contribution is 5.21. The molecule has 0 amide bonds. The van der Waals surface area contributed by atoms with Gasteiger partial charge in [-0.25, -0.2) is 0 Å². The Bertz CT molecular complexity index is 464. The molecule has 0 fully saturated rings. The normalized spacial score (nSPS) is 14.5. The first-order valence-electron chi connectivity index (χ1n) is 5.86. The maximum Gasteiger partial charge on any atom is 0.121 e. The van der Waals surface area contributed by atoms with Gasteiger partial charge in [0, 0.05) is 18.3 Å². The maximum atomic E-state index is 5.70. The molecule has 0 bridgehead atoms. The number of nitrogens with one attached hydrogen (secondary N) is 1. The lowest BCUT2D eigenvalue weighted by Crippen LogP contribution is -2.21. The van der Waals surface area contributed by atoms with Crippen LogP contribution in [0, 0.1) is 6.92 Å². The molecule has 0 spiro atoms. The molecule has 2 aromatic heterocycles. The molecular weight excluding hydrogens is 212 g/mol. The van der Waals surface area contributed by atoms with Crippen LogP contribution >= 0.6 is 0 Å². The molecule has 0 aliphatic heterocycles. The Balaban J connectivity index is 2.25. The van der Waals surface area contributed by atoms with E-state index in [2.05, 4.69) is 17.2 Å². The van der Waals surface area contributed by atoms with E-state index in [1.807, 2.05) is 50.6 Å². The van der Waals surface area contributed by atoms with Gasteiger partial charge in [0.05, 0.1) is 6.04 Å². The number of hydrogen-bond donors (Lipinski definition) is 1. The summed E-state index contributed by atoms with van der Waals surface area (Å²) in [6.45, 7) is 4.15. The Hall–Kier alpha value is -1.61. The minimum atomic E-state index is 0.186. The first kappa shape index (κ1) is 11.9. The summed E-state index contributed by atoms with van der Waals surface area (Å²) < 4.78 is 5.70. The van der Waals surface area contributed by atoms with Crippen molar-refractivity contribution in [1.29, 1.82) is 0 Å². The number of aryl methyl sites for hydroxylation is 1. The smallest absolute Gasteiger partial charge is 0.121 e. The summed E-state index contributed by atoms with van der Waals surface area (Å²) in [5.74, 6) is 2.27. The van der Waals surface area contributed by atoms with Crippen molar-refractivity contribution in [3.8, 4) is 0 Å². The van der Waals surface area contributed by atoms with Crippen molar-refractivity contribution in [2.24, 2.45) is 0 Å². The van der Waals surface area contributed by atoms with Gasteiger partial charge in [0.25, 0.3) is 0 Å². The Kier molecular flexibility index (Phi) is 3.59. The van der Waals surface area contributed by atoms with Gasteiger partial charge in [-0.2, -0.15) is 0 Å². The lowest BCUT2D eigenvalue weighted by atomic mass is 9.92. The molecule has 3 nitrogen and oxygen atoms in total. The SMILES string of the molecule is CNC(c1ccc(C)o1)C(C)c1ccncc1. The van der Waals surface area contributed by atoms with Crippen molar-refractivity contribution in [1.82, 2.24) is 10.3 Å². The van der Waals surface area contributed by atoms with E-state index in [1.165, 1.54) is 5.56 Å². The third-order valence-electron chi connectivity index (χ3n) is 3.11. The number of likely N-dealkylation sites (N-methyl/N-ethyl adjacent to an activating group) is 1. The van der Waals surface area contributed by atoms with E-state index >= 15 is 0 Å². The second kappa shape index (κ2) is 5.15. The van der Waals surface area contributed by atoms with Crippen LogP contribution in [0.5, 0.6) is 0 Å². The number of nitrogens with zero attached hydrogens (tertiary/aromatic N) is 1. The van der Waals surface area contributed by atoms with E-state index in [0.29, 0.717) is 5.92 Å². The van der Waals surface area contributed by atoms with E-state index < -0.39 is 0 Å². The van der Waals surface area contributed by atoms with Gasteiger partial charge in [-0.1, -0.05) is 6.92 Å². The Morgan fingerprint density at radius 3 is 2.41 bits per heavy atom. The number of pyridine rings is 1. The molecule has 0 aliphatic rings. The standard InChI is InChI=1S/C14H18N2O/c1-10-4-5-13(17-10)14(15-3)11(2)12-6-8-16-9-7-12/h4-9,11,14-15H,1-3H3. The highest BCUT2D eigenvalue weighted by Gasteiger charge is 2.21. The van der Waals surface area contributed by atoms with Gasteiger partial charge in [-0.3, -0.25) is 4.98 Å². The minimum absolute atomic E-state index is 0.186. The summed E-state index contributed by atoms with van der Waals surface area (Å²) in [6.07, 6.45) is 3.65. The monoisotopic (exact) mass is 230 g/mol. The molecular formula is C14H18N2O. The molecule has 0 radical (unpaired) electrons. The lowest BCUT2D eigenvalue weighted by Gasteiger charge is -2.21. The van der Waals surface area contributed by atoms with E-state index in [9.17, 15) is 0 Å². The highest BCUT2D eigenvalue weighted by atomic mass is 16.3. The fraction of sp³-hybridized carbons (Fsp3) is 0.357. The first-order chi connectivity index (χ1) is 8.22. The number of rotatable bonds is 4. The molecule has 17 heavy (non-hydrogen) atoms. The molecule has 3 heteroatoms. The zero-order valence-corrected chi connectivity index (χ0v) is 10.5. The third-order valence-corrected chi connectivity index (χ3v) is 3.11. The van der Waals surface area contributed by atoms with Crippen molar-refractivity contribution in [2.75, 3.05) is 7.05 Å². The van der Waals surface area contributed by atoms with Crippen LogP contribution in [0.4, 0.5) is 0 Å². The van der Waals surface area contributed by atoms with Crippen molar-refractivity contribution >= 4 is 0 Å². The Labute approximate surface area is 102 Å². The average Bonchev–Trinajstić information content (AvgIpc) is 2.78. The maximum absolute atomic E-state index is 5.70. The summed E-state index contributed by atoms with van der Waals surface area (Å²) in [6, 6.07) is 8.31. The molecule has 0 saturated carbocycles. The summed E-state index contributed by atoms with van der Waals surface area (Å²) in [5.41, 5.74) is 1.26. The van der Waals surface area contributed by atoms with Crippen LogP contribution in [-0.4, -0.2) is 12.0 Å². The number of furan rings is 1. The van der Waals surface area contributed by atoms with Crippen molar-refractivity contribution < 1.29 is 4.42 Å². The topological polar surface area (TPSA) is 38.1 Å². The fourth-order valence-electron chi connectivity index (χ4n) is 2.12. The predicted molar refractivity (Wildman–Crippen MR) is 67.9 cm³/mol. The molecule has 2 atom stereocenters. The minimum Gasteiger partial charge on any atom is -0.465 e. The zero-order chi connectivity index (χ0) is 12.3. The summed E-state index contributed by atoms with van der Waals surface area (Å²) in [4.78, 5) is 4.05. The summed E-state index contributed by atoms with van der Waals surface area (Å²) in [5, 5.41) is 3.32.